The summed E-state index contributed by atoms with van der Waals surface area (Å²) in [6, 6.07) is 17.1. The molecule has 0 spiro atoms. The van der Waals surface area contributed by atoms with Gasteiger partial charge in [0.2, 0.25) is 5.91 Å². The van der Waals surface area contributed by atoms with Gasteiger partial charge in [-0.1, -0.05) is 61.5 Å². The van der Waals surface area contributed by atoms with E-state index in [0.29, 0.717) is 18.7 Å². The monoisotopic (exact) mass is 347 g/mol. The third-order valence-corrected chi connectivity index (χ3v) is 4.08. The largest absolute Gasteiger partial charge is 0.392 e. The number of amides is 1. The average Bonchev–Trinajstić information content (AvgIpc) is 2.69. The summed E-state index contributed by atoms with van der Waals surface area (Å²) >= 11 is 0. The lowest BCUT2D eigenvalue weighted by Gasteiger charge is -2.10. The molecule has 0 aliphatic heterocycles. The summed E-state index contributed by atoms with van der Waals surface area (Å²) in [5, 5.41) is 12.0. The molecular weight excluding hydrogens is 326 g/mol. The predicted octanol–water partition coefficient (Wildman–Crippen LogP) is 3.38. The molecule has 5 nitrogen and oxygen atoms in total. The Kier molecular flexibility index (Phi) is 5.71. The van der Waals surface area contributed by atoms with Crippen molar-refractivity contribution in [2.75, 3.05) is 5.32 Å². The number of aromatic nitrogens is 2. The number of hydrogen-bond donors (Lipinski definition) is 2. The van der Waals surface area contributed by atoms with Crippen LogP contribution in [0.2, 0.25) is 0 Å². The number of nitrogens with zero attached hydrogens (tertiary/aromatic N) is 2. The topological polar surface area (TPSA) is 75.1 Å². The zero-order valence-corrected chi connectivity index (χ0v) is 14.6. The molecule has 0 saturated heterocycles. The van der Waals surface area contributed by atoms with E-state index in [1.54, 1.807) is 6.20 Å². The van der Waals surface area contributed by atoms with Gasteiger partial charge in [-0.25, -0.2) is 9.97 Å². The summed E-state index contributed by atoms with van der Waals surface area (Å²) in [6.07, 6.45) is 2.62. The van der Waals surface area contributed by atoms with Gasteiger partial charge in [0.15, 0.2) is 5.82 Å². The number of anilines is 1. The Morgan fingerprint density at radius 2 is 1.77 bits per heavy atom. The van der Waals surface area contributed by atoms with Crippen LogP contribution in [0.1, 0.15) is 23.7 Å². The number of rotatable bonds is 6. The van der Waals surface area contributed by atoms with Crippen molar-refractivity contribution in [3.8, 4) is 11.3 Å². The summed E-state index contributed by atoms with van der Waals surface area (Å²) in [4.78, 5) is 21.3. The van der Waals surface area contributed by atoms with E-state index >= 15 is 0 Å². The van der Waals surface area contributed by atoms with Gasteiger partial charge in [-0.2, -0.15) is 0 Å². The van der Waals surface area contributed by atoms with Crippen molar-refractivity contribution in [1.82, 2.24) is 9.97 Å². The Morgan fingerprint density at radius 3 is 2.42 bits per heavy atom. The van der Waals surface area contributed by atoms with Crippen LogP contribution >= 0.6 is 0 Å². The van der Waals surface area contributed by atoms with Gasteiger partial charge in [-0.15, -0.1) is 0 Å². The molecule has 0 aliphatic carbocycles. The number of nitrogens with one attached hydrogen (secondary N) is 1. The van der Waals surface area contributed by atoms with E-state index in [1.807, 2.05) is 61.5 Å². The molecule has 0 saturated carbocycles. The van der Waals surface area contributed by atoms with E-state index in [0.717, 1.165) is 28.1 Å². The zero-order valence-electron chi connectivity index (χ0n) is 14.6. The highest BCUT2D eigenvalue weighted by atomic mass is 16.3. The van der Waals surface area contributed by atoms with Crippen LogP contribution in [-0.4, -0.2) is 21.0 Å². The number of aryl methyl sites for hydroxylation is 1. The van der Waals surface area contributed by atoms with Crippen LogP contribution in [0.15, 0.2) is 60.8 Å². The van der Waals surface area contributed by atoms with Crippen LogP contribution in [0, 0.1) is 0 Å². The lowest BCUT2D eigenvalue weighted by Crippen LogP contribution is -2.17. The SMILES string of the molecule is CCc1nc(-c2ccc(CO)cc2)cnc1NC(=O)Cc1ccccc1. The second-order valence-corrected chi connectivity index (χ2v) is 5.97. The molecule has 132 valence electrons. The summed E-state index contributed by atoms with van der Waals surface area (Å²) in [5.74, 6) is 0.393. The van der Waals surface area contributed by atoms with Crippen LogP contribution in [0.25, 0.3) is 11.3 Å². The lowest BCUT2D eigenvalue weighted by atomic mass is 10.1. The fourth-order valence-corrected chi connectivity index (χ4v) is 2.66. The Morgan fingerprint density at radius 1 is 1.04 bits per heavy atom. The number of aliphatic hydroxyl groups is 1. The van der Waals surface area contributed by atoms with E-state index in [-0.39, 0.29) is 12.5 Å². The Labute approximate surface area is 152 Å². The fourth-order valence-electron chi connectivity index (χ4n) is 2.66. The maximum absolute atomic E-state index is 12.3. The maximum Gasteiger partial charge on any atom is 0.229 e. The summed E-state index contributed by atoms with van der Waals surface area (Å²) in [7, 11) is 0. The van der Waals surface area contributed by atoms with Gasteiger partial charge in [0, 0.05) is 5.56 Å². The Balaban J connectivity index is 1.76. The standard InChI is InChI=1S/C21H21N3O2/c1-2-18-21(24-20(26)12-15-6-4-3-5-7-15)22-13-19(23-18)17-10-8-16(14-25)9-11-17/h3-11,13,25H,2,12,14H2,1H3,(H,22,24,26). The Bertz CT molecular complexity index is 878. The number of benzene rings is 2. The van der Waals surface area contributed by atoms with Gasteiger partial charge >= 0.3 is 0 Å². The Hall–Kier alpha value is -3.05. The molecule has 2 aromatic carbocycles. The minimum atomic E-state index is -0.111. The van der Waals surface area contributed by atoms with Gasteiger partial charge in [-0.05, 0) is 17.5 Å². The van der Waals surface area contributed by atoms with Gasteiger partial charge in [0.1, 0.15) is 0 Å². The summed E-state index contributed by atoms with van der Waals surface area (Å²) < 4.78 is 0. The van der Waals surface area contributed by atoms with E-state index in [9.17, 15) is 4.79 Å². The third-order valence-electron chi connectivity index (χ3n) is 4.08. The number of carbonyl (C=O) groups is 1. The summed E-state index contributed by atoms with van der Waals surface area (Å²) in [6.45, 7) is 1.99. The minimum Gasteiger partial charge on any atom is -0.392 e. The van der Waals surface area contributed by atoms with E-state index < -0.39 is 0 Å². The molecule has 1 heterocycles. The van der Waals surface area contributed by atoms with Crippen molar-refractivity contribution >= 4 is 11.7 Å². The van der Waals surface area contributed by atoms with Crippen molar-refractivity contribution < 1.29 is 9.90 Å². The fraction of sp³-hybridized carbons (Fsp3) is 0.190. The first-order chi connectivity index (χ1) is 12.7. The molecule has 0 unspecified atom stereocenters. The molecule has 1 aromatic heterocycles. The van der Waals surface area contributed by atoms with Crippen LogP contribution in [0.4, 0.5) is 5.82 Å². The first-order valence-electron chi connectivity index (χ1n) is 8.59. The van der Waals surface area contributed by atoms with Crippen molar-refractivity contribution in [2.24, 2.45) is 0 Å². The quantitative estimate of drug-likeness (QED) is 0.717. The van der Waals surface area contributed by atoms with Crippen LogP contribution in [0.3, 0.4) is 0 Å². The average molecular weight is 347 g/mol. The van der Waals surface area contributed by atoms with Gasteiger partial charge in [0.25, 0.3) is 0 Å². The van der Waals surface area contributed by atoms with Gasteiger partial charge < -0.3 is 10.4 Å². The smallest absolute Gasteiger partial charge is 0.229 e. The van der Waals surface area contributed by atoms with E-state index in [4.69, 9.17) is 5.11 Å². The number of aliphatic hydroxyl groups excluding tert-OH is 1. The number of hydrogen-bond acceptors (Lipinski definition) is 4. The molecule has 0 radical (unpaired) electrons. The number of carbonyl (C=O) groups excluding carboxylic acids is 1. The zero-order chi connectivity index (χ0) is 18.4. The van der Waals surface area contributed by atoms with Gasteiger partial charge in [0.05, 0.1) is 30.6 Å². The summed E-state index contributed by atoms with van der Waals surface area (Å²) in [5.41, 5.74) is 4.22. The molecule has 3 aromatic rings. The first-order valence-corrected chi connectivity index (χ1v) is 8.59. The predicted molar refractivity (Wildman–Crippen MR) is 102 cm³/mol. The molecule has 0 bridgehead atoms. The molecule has 3 rings (SSSR count). The van der Waals surface area contributed by atoms with Crippen molar-refractivity contribution in [2.45, 2.75) is 26.4 Å². The molecule has 5 heteroatoms. The molecule has 0 atom stereocenters. The molecule has 1 amide bonds. The molecule has 0 fully saturated rings. The lowest BCUT2D eigenvalue weighted by molar-refractivity contribution is -0.115. The van der Waals surface area contributed by atoms with Crippen LogP contribution in [0.5, 0.6) is 0 Å². The van der Waals surface area contributed by atoms with Gasteiger partial charge in [-0.3, -0.25) is 4.79 Å². The minimum absolute atomic E-state index is 0.0125. The molecule has 26 heavy (non-hydrogen) atoms. The highest BCUT2D eigenvalue weighted by Crippen LogP contribution is 2.21. The second kappa shape index (κ2) is 8.36. The molecular formula is C21H21N3O2. The van der Waals surface area contributed by atoms with Crippen molar-refractivity contribution in [3.63, 3.8) is 0 Å². The second-order valence-electron chi connectivity index (χ2n) is 5.97. The maximum atomic E-state index is 12.3. The molecule has 0 aliphatic rings. The highest BCUT2D eigenvalue weighted by Gasteiger charge is 2.11. The third kappa shape index (κ3) is 4.32. The highest BCUT2D eigenvalue weighted by molar-refractivity contribution is 5.91. The molecule has 2 N–H and O–H groups in total. The van der Waals surface area contributed by atoms with Crippen LogP contribution in [-0.2, 0) is 24.2 Å². The van der Waals surface area contributed by atoms with E-state index in [2.05, 4.69) is 15.3 Å². The normalized spacial score (nSPS) is 10.5. The van der Waals surface area contributed by atoms with Crippen LogP contribution < -0.4 is 5.32 Å². The van der Waals surface area contributed by atoms with Crippen molar-refractivity contribution in [3.05, 3.63) is 77.6 Å². The van der Waals surface area contributed by atoms with Crippen molar-refractivity contribution in [1.29, 1.82) is 0 Å². The van der Waals surface area contributed by atoms with E-state index in [1.165, 1.54) is 0 Å². The first kappa shape index (κ1) is 17.8.